The summed E-state index contributed by atoms with van der Waals surface area (Å²) in [5, 5.41) is 5.12. The molecular formula is C20H21N3O4. The van der Waals surface area contributed by atoms with Crippen molar-refractivity contribution in [3.05, 3.63) is 48.0 Å². The number of aryl methyl sites for hydroxylation is 1. The third-order valence-corrected chi connectivity index (χ3v) is 4.30. The minimum atomic E-state index is -0.804. The number of amides is 3. The Morgan fingerprint density at radius 1 is 1.07 bits per heavy atom. The van der Waals surface area contributed by atoms with Gasteiger partial charge in [0.25, 0.3) is 0 Å². The smallest absolute Gasteiger partial charge is 0.314 e. The van der Waals surface area contributed by atoms with Crippen molar-refractivity contribution in [1.82, 2.24) is 0 Å². The fraction of sp³-hybridized carbons (Fsp3) is 0.250. The van der Waals surface area contributed by atoms with Crippen molar-refractivity contribution in [1.29, 1.82) is 0 Å². The lowest BCUT2D eigenvalue weighted by Gasteiger charge is -2.16. The van der Waals surface area contributed by atoms with Gasteiger partial charge in [-0.25, -0.2) is 0 Å². The molecule has 1 heterocycles. The minimum absolute atomic E-state index is 0.0581. The van der Waals surface area contributed by atoms with E-state index in [1.807, 2.05) is 13.0 Å². The van der Waals surface area contributed by atoms with Gasteiger partial charge in [0.1, 0.15) is 5.75 Å². The van der Waals surface area contributed by atoms with Gasteiger partial charge in [-0.05, 0) is 49.2 Å². The number of ether oxygens (including phenoxy) is 1. The summed E-state index contributed by atoms with van der Waals surface area (Å²) >= 11 is 0. The van der Waals surface area contributed by atoms with E-state index >= 15 is 0 Å². The lowest BCUT2D eigenvalue weighted by atomic mass is 10.2. The molecule has 3 rings (SSSR count). The number of methoxy groups -OCH3 is 1. The third-order valence-electron chi connectivity index (χ3n) is 4.30. The summed E-state index contributed by atoms with van der Waals surface area (Å²) in [6.45, 7) is 2.53. The van der Waals surface area contributed by atoms with Crippen LogP contribution in [0.25, 0.3) is 0 Å². The van der Waals surface area contributed by atoms with Crippen molar-refractivity contribution in [3.63, 3.8) is 0 Å². The summed E-state index contributed by atoms with van der Waals surface area (Å²) in [7, 11) is 1.49. The first-order chi connectivity index (χ1) is 13.0. The minimum Gasteiger partial charge on any atom is -0.495 e. The van der Waals surface area contributed by atoms with Gasteiger partial charge in [0.2, 0.25) is 5.91 Å². The molecule has 2 aromatic rings. The Kier molecular flexibility index (Phi) is 5.40. The first-order valence-electron chi connectivity index (χ1n) is 8.65. The van der Waals surface area contributed by atoms with Crippen molar-refractivity contribution in [2.45, 2.75) is 19.8 Å². The molecule has 2 aromatic carbocycles. The second kappa shape index (κ2) is 7.90. The topological polar surface area (TPSA) is 87.7 Å². The summed E-state index contributed by atoms with van der Waals surface area (Å²) in [5.74, 6) is -1.08. The van der Waals surface area contributed by atoms with Crippen LogP contribution < -0.4 is 20.3 Å². The molecule has 1 aliphatic rings. The van der Waals surface area contributed by atoms with Crippen molar-refractivity contribution in [2.24, 2.45) is 0 Å². The summed E-state index contributed by atoms with van der Waals surface area (Å²) < 4.78 is 5.20. The predicted octanol–water partition coefficient (Wildman–Crippen LogP) is 2.71. The van der Waals surface area contributed by atoms with Crippen molar-refractivity contribution < 1.29 is 19.1 Å². The Bertz CT molecular complexity index is 895. The average Bonchev–Trinajstić information content (AvgIpc) is 3.08. The fourth-order valence-electron chi connectivity index (χ4n) is 2.96. The highest BCUT2D eigenvalue weighted by atomic mass is 16.5. The number of hydrogen-bond donors (Lipinski definition) is 2. The van der Waals surface area contributed by atoms with Gasteiger partial charge in [-0.15, -0.1) is 0 Å². The van der Waals surface area contributed by atoms with E-state index in [9.17, 15) is 14.4 Å². The van der Waals surface area contributed by atoms with E-state index in [2.05, 4.69) is 10.6 Å². The Balaban J connectivity index is 1.69. The molecule has 7 nitrogen and oxygen atoms in total. The number of benzene rings is 2. The van der Waals surface area contributed by atoms with Crippen LogP contribution in [0.15, 0.2) is 42.5 Å². The van der Waals surface area contributed by atoms with Crippen LogP contribution in [0.1, 0.15) is 18.4 Å². The highest BCUT2D eigenvalue weighted by Crippen LogP contribution is 2.26. The van der Waals surface area contributed by atoms with Crippen LogP contribution in [0, 0.1) is 6.92 Å². The van der Waals surface area contributed by atoms with Crippen molar-refractivity contribution >= 4 is 34.8 Å². The maximum absolute atomic E-state index is 12.3. The molecule has 0 saturated carbocycles. The summed E-state index contributed by atoms with van der Waals surface area (Å²) in [6, 6.07) is 12.2. The van der Waals surface area contributed by atoms with Crippen LogP contribution >= 0.6 is 0 Å². The first kappa shape index (κ1) is 18.4. The molecular weight excluding hydrogens is 346 g/mol. The van der Waals surface area contributed by atoms with Gasteiger partial charge < -0.3 is 20.3 Å². The third kappa shape index (κ3) is 4.25. The Morgan fingerprint density at radius 2 is 1.85 bits per heavy atom. The Labute approximate surface area is 157 Å². The van der Waals surface area contributed by atoms with E-state index < -0.39 is 11.8 Å². The summed E-state index contributed by atoms with van der Waals surface area (Å²) in [5.41, 5.74) is 2.50. The SMILES string of the molecule is COc1ccc(C)cc1NC(=O)C(=O)Nc1cccc(N2CCCC2=O)c1. The van der Waals surface area contributed by atoms with E-state index in [1.54, 1.807) is 41.3 Å². The van der Waals surface area contributed by atoms with Crippen LogP contribution in [0.2, 0.25) is 0 Å². The van der Waals surface area contributed by atoms with Gasteiger partial charge in [-0.1, -0.05) is 12.1 Å². The maximum atomic E-state index is 12.3. The fourth-order valence-corrected chi connectivity index (χ4v) is 2.96. The number of hydrogen-bond acceptors (Lipinski definition) is 4. The normalized spacial score (nSPS) is 13.4. The molecule has 0 aromatic heterocycles. The molecule has 140 valence electrons. The molecule has 7 heteroatoms. The summed E-state index contributed by atoms with van der Waals surface area (Å²) in [6.07, 6.45) is 1.34. The molecule has 27 heavy (non-hydrogen) atoms. The van der Waals surface area contributed by atoms with Crippen LogP contribution in [0.3, 0.4) is 0 Å². The zero-order valence-corrected chi connectivity index (χ0v) is 15.2. The average molecular weight is 367 g/mol. The number of anilines is 3. The maximum Gasteiger partial charge on any atom is 0.314 e. The Morgan fingerprint density at radius 3 is 2.56 bits per heavy atom. The van der Waals surface area contributed by atoms with Crippen LogP contribution in [0.4, 0.5) is 17.1 Å². The molecule has 1 aliphatic heterocycles. The quantitative estimate of drug-likeness (QED) is 0.814. The number of nitrogens with one attached hydrogen (secondary N) is 2. The van der Waals surface area contributed by atoms with Gasteiger partial charge in [0, 0.05) is 24.3 Å². The van der Waals surface area contributed by atoms with Gasteiger partial charge in [-0.3, -0.25) is 14.4 Å². The highest BCUT2D eigenvalue weighted by molar-refractivity contribution is 6.43. The number of carbonyl (C=O) groups excluding carboxylic acids is 3. The van der Waals surface area contributed by atoms with Gasteiger partial charge in [0.05, 0.1) is 12.8 Å². The van der Waals surface area contributed by atoms with Crippen molar-refractivity contribution in [3.8, 4) is 5.75 Å². The summed E-state index contributed by atoms with van der Waals surface area (Å²) in [4.78, 5) is 38.0. The lowest BCUT2D eigenvalue weighted by Crippen LogP contribution is -2.29. The molecule has 0 spiro atoms. The van der Waals surface area contributed by atoms with E-state index in [0.29, 0.717) is 35.8 Å². The molecule has 0 radical (unpaired) electrons. The molecule has 0 unspecified atom stereocenters. The number of nitrogens with zero attached hydrogens (tertiary/aromatic N) is 1. The predicted molar refractivity (Wildman–Crippen MR) is 103 cm³/mol. The van der Waals surface area contributed by atoms with Gasteiger partial charge in [-0.2, -0.15) is 0 Å². The number of rotatable bonds is 4. The van der Waals surface area contributed by atoms with Crippen LogP contribution in [0.5, 0.6) is 5.75 Å². The molecule has 2 N–H and O–H groups in total. The standard InChI is InChI=1S/C20H21N3O4/c1-13-8-9-17(27-2)16(11-13)22-20(26)19(25)21-14-5-3-6-15(12-14)23-10-4-7-18(23)24/h3,5-6,8-9,11-12H,4,7,10H2,1-2H3,(H,21,25)(H,22,26). The lowest BCUT2D eigenvalue weighted by molar-refractivity contribution is -0.133. The highest BCUT2D eigenvalue weighted by Gasteiger charge is 2.22. The second-order valence-corrected chi connectivity index (χ2v) is 6.31. The molecule has 0 aliphatic carbocycles. The first-order valence-corrected chi connectivity index (χ1v) is 8.65. The number of carbonyl (C=O) groups is 3. The molecule has 3 amide bonds. The molecule has 0 bridgehead atoms. The second-order valence-electron chi connectivity index (χ2n) is 6.31. The van der Waals surface area contributed by atoms with E-state index in [0.717, 1.165) is 12.0 Å². The van der Waals surface area contributed by atoms with Gasteiger partial charge >= 0.3 is 11.8 Å². The Hall–Kier alpha value is -3.35. The van der Waals surface area contributed by atoms with E-state index in [4.69, 9.17) is 4.74 Å². The van der Waals surface area contributed by atoms with E-state index in [-0.39, 0.29) is 5.91 Å². The van der Waals surface area contributed by atoms with E-state index in [1.165, 1.54) is 7.11 Å². The van der Waals surface area contributed by atoms with Gasteiger partial charge in [0.15, 0.2) is 0 Å². The monoisotopic (exact) mass is 367 g/mol. The zero-order valence-electron chi connectivity index (χ0n) is 15.2. The zero-order chi connectivity index (χ0) is 19.4. The largest absolute Gasteiger partial charge is 0.495 e. The van der Waals surface area contributed by atoms with Crippen molar-refractivity contribution in [2.75, 3.05) is 29.2 Å². The molecule has 0 atom stereocenters. The molecule has 1 fully saturated rings. The van der Waals surface area contributed by atoms with Crippen LogP contribution in [-0.4, -0.2) is 31.4 Å². The van der Waals surface area contributed by atoms with Crippen LogP contribution in [-0.2, 0) is 14.4 Å². The molecule has 1 saturated heterocycles.